The Morgan fingerprint density at radius 2 is 2.08 bits per heavy atom. The van der Waals surface area contributed by atoms with Crippen molar-refractivity contribution in [3.05, 3.63) is 18.2 Å². The van der Waals surface area contributed by atoms with E-state index in [4.69, 9.17) is 11.5 Å². The fraction of sp³-hybridized carbons (Fsp3) is 0.600. The highest BCUT2D eigenvalue weighted by atomic mass is 16.2. The minimum atomic E-state index is -0.826. The Kier molecular flexibility index (Phi) is 8.66. The van der Waals surface area contributed by atoms with Crippen LogP contribution in [0.5, 0.6) is 0 Å². The second-order valence-electron chi connectivity index (χ2n) is 5.56. The molecule has 0 unspecified atom stereocenters. The molecule has 1 aromatic heterocycles. The van der Waals surface area contributed by atoms with Gasteiger partial charge in [-0.3, -0.25) is 9.59 Å². The van der Waals surface area contributed by atoms with Crippen LogP contribution in [0.15, 0.2) is 12.5 Å². The van der Waals surface area contributed by atoms with Gasteiger partial charge in [-0.15, -0.1) is 0 Å². The predicted molar refractivity (Wildman–Crippen MR) is 88.8 cm³/mol. The van der Waals surface area contributed by atoms with E-state index in [0.717, 1.165) is 18.5 Å². The Hall–Kier alpha value is -2.26. The first kappa shape index (κ1) is 19.8. The Labute approximate surface area is 141 Å². The lowest BCUT2D eigenvalue weighted by Gasteiger charge is -2.21. The summed E-state index contributed by atoms with van der Waals surface area (Å²) in [4.78, 5) is 39.2. The molecule has 9 nitrogen and oxygen atoms in total. The van der Waals surface area contributed by atoms with E-state index >= 15 is 0 Å². The van der Waals surface area contributed by atoms with Gasteiger partial charge in [0.25, 0.3) is 0 Å². The largest absolute Gasteiger partial charge is 0.345 e. The van der Waals surface area contributed by atoms with Gasteiger partial charge in [-0.2, -0.15) is 0 Å². The normalized spacial score (nSPS) is 13.1. The van der Waals surface area contributed by atoms with Crippen molar-refractivity contribution in [3.63, 3.8) is 0 Å². The number of aromatic nitrogens is 2. The molecule has 0 aliphatic rings. The number of hydrogen-bond donors (Lipinski definition) is 4. The van der Waals surface area contributed by atoms with Crippen LogP contribution in [0.2, 0.25) is 0 Å². The molecule has 1 heterocycles. The summed E-state index contributed by atoms with van der Waals surface area (Å²) in [5, 5.41) is 5.23. The Morgan fingerprint density at radius 3 is 2.62 bits per heavy atom. The molecule has 0 radical (unpaired) electrons. The number of nitrogens with two attached hydrogens (primary N) is 2. The van der Waals surface area contributed by atoms with Crippen molar-refractivity contribution in [2.75, 3.05) is 13.1 Å². The number of rotatable bonds is 11. The molecule has 6 N–H and O–H groups in total. The molecule has 0 aliphatic heterocycles. The van der Waals surface area contributed by atoms with Gasteiger partial charge in [0.15, 0.2) is 0 Å². The first-order valence-corrected chi connectivity index (χ1v) is 7.92. The van der Waals surface area contributed by atoms with Crippen molar-refractivity contribution in [2.45, 2.75) is 37.8 Å². The third kappa shape index (κ3) is 6.47. The molecule has 0 fully saturated rings. The van der Waals surface area contributed by atoms with Gasteiger partial charge in [0.05, 0.1) is 18.9 Å². The summed E-state index contributed by atoms with van der Waals surface area (Å²) in [6.07, 6.45) is 6.20. The molecule has 2 amide bonds. The average Bonchev–Trinajstić information content (AvgIpc) is 2.98. The van der Waals surface area contributed by atoms with E-state index in [1.165, 1.54) is 0 Å². The maximum atomic E-state index is 12.5. The zero-order valence-corrected chi connectivity index (χ0v) is 13.9. The SMILES string of the molecule is Cn1cncc1C[C@H](NC(=O)CN)C(=O)N[C@H](C=O)CCCCN. The molecular weight excluding hydrogens is 312 g/mol. The van der Waals surface area contributed by atoms with Gasteiger partial charge in [-0.25, -0.2) is 4.98 Å². The smallest absolute Gasteiger partial charge is 0.243 e. The molecular formula is C15H26N6O3. The van der Waals surface area contributed by atoms with Crippen molar-refractivity contribution in [1.29, 1.82) is 0 Å². The molecule has 2 atom stereocenters. The lowest BCUT2D eigenvalue weighted by atomic mass is 10.1. The van der Waals surface area contributed by atoms with Crippen molar-refractivity contribution in [2.24, 2.45) is 18.5 Å². The van der Waals surface area contributed by atoms with Crippen LogP contribution in [0.4, 0.5) is 0 Å². The first-order valence-electron chi connectivity index (χ1n) is 7.92. The number of amides is 2. The van der Waals surface area contributed by atoms with Gasteiger partial charge in [-0.1, -0.05) is 0 Å². The summed E-state index contributed by atoms with van der Waals surface area (Å²) in [7, 11) is 1.79. The van der Waals surface area contributed by atoms with Crippen molar-refractivity contribution >= 4 is 18.1 Å². The zero-order valence-electron chi connectivity index (χ0n) is 13.9. The molecule has 0 spiro atoms. The molecule has 0 aromatic carbocycles. The maximum absolute atomic E-state index is 12.5. The van der Waals surface area contributed by atoms with Crippen LogP contribution < -0.4 is 22.1 Å². The monoisotopic (exact) mass is 338 g/mol. The lowest BCUT2D eigenvalue weighted by molar-refractivity contribution is -0.129. The molecule has 1 aromatic rings. The van der Waals surface area contributed by atoms with Crippen LogP contribution in [0.25, 0.3) is 0 Å². The third-order valence-electron chi connectivity index (χ3n) is 3.63. The van der Waals surface area contributed by atoms with E-state index in [1.54, 1.807) is 24.1 Å². The number of hydrogen-bond acceptors (Lipinski definition) is 6. The molecule has 134 valence electrons. The summed E-state index contributed by atoms with van der Waals surface area (Å²) < 4.78 is 1.76. The number of nitrogens with zero attached hydrogens (tertiary/aromatic N) is 2. The van der Waals surface area contributed by atoms with Crippen molar-refractivity contribution < 1.29 is 14.4 Å². The number of nitrogens with one attached hydrogen (secondary N) is 2. The van der Waals surface area contributed by atoms with Gasteiger partial charge in [0, 0.05) is 25.4 Å². The maximum Gasteiger partial charge on any atom is 0.243 e. The van der Waals surface area contributed by atoms with E-state index in [2.05, 4.69) is 15.6 Å². The van der Waals surface area contributed by atoms with Crippen molar-refractivity contribution in [1.82, 2.24) is 20.2 Å². The van der Waals surface area contributed by atoms with Crippen molar-refractivity contribution in [3.8, 4) is 0 Å². The fourth-order valence-electron chi connectivity index (χ4n) is 2.22. The van der Waals surface area contributed by atoms with Gasteiger partial charge < -0.3 is 31.5 Å². The topological polar surface area (TPSA) is 145 Å². The van der Waals surface area contributed by atoms with Crippen LogP contribution in [0.3, 0.4) is 0 Å². The van der Waals surface area contributed by atoms with Gasteiger partial charge in [-0.05, 0) is 25.8 Å². The highest BCUT2D eigenvalue weighted by Crippen LogP contribution is 2.04. The molecule has 0 bridgehead atoms. The van der Waals surface area contributed by atoms with E-state index < -0.39 is 23.9 Å². The number of carbonyl (C=O) groups is 3. The fourth-order valence-corrected chi connectivity index (χ4v) is 2.22. The van der Waals surface area contributed by atoms with Crippen LogP contribution >= 0.6 is 0 Å². The highest BCUT2D eigenvalue weighted by Gasteiger charge is 2.24. The number of aldehydes is 1. The van der Waals surface area contributed by atoms with E-state index in [1.807, 2.05) is 0 Å². The molecule has 0 saturated carbocycles. The molecule has 1 rings (SSSR count). The van der Waals surface area contributed by atoms with Crippen LogP contribution in [0, 0.1) is 0 Å². The number of imidazole rings is 1. The molecule has 0 saturated heterocycles. The summed E-state index contributed by atoms with van der Waals surface area (Å²) in [6.45, 7) is 0.317. The first-order chi connectivity index (χ1) is 11.5. The summed E-state index contributed by atoms with van der Waals surface area (Å²) >= 11 is 0. The number of aryl methyl sites for hydroxylation is 1. The molecule has 9 heteroatoms. The number of carbonyl (C=O) groups excluding carboxylic acids is 3. The Bertz CT molecular complexity index is 545. The quantitative estimate of drug-likeness (QED) is 0.277. The average molecular weight is 338 g/mol. The third-order valence-corrected chi connectivity index (χ3v) is 3.63. The second-order valence-corrected chi connectivity index (χ2v) is 5.56. The van der Waals surface area contributed by atoms with Gasteiger partial charge in [0.2, 0.25) is 11.8 Å². The molecule has 0 aliphatic carbocycles. The van der Waals surface area contributed by atoms with Crippen LogP contribution in [-0.2, 0) is 27.9 Å². The molecule has 24 heavy (non-hydrogen) atoms. The standard InChI is InChI=1S/C15H26N6O3/c1-21-10-18-8-12(21)6-13(20-14(23)7-17)15(24)19-11(9-22)4-2-3-5-16/h8-11,13H,2-7,16-17H2,1H3,(H,19,24)(H,20,23)/t11-,13-/m0/s1. The van der Waals surface area contributed by atoms with Crippen LogP contribution in [-0.4, -0.2) is 52.8 Å². The van der Waals surface area contributed by atoms with Gasteiger partial charge in [0.1, 0.15) is 12.3 Å². The summed E-state index contributed by atoms with van der Waals surface area (Å²) in [5.74, 6) is -0.869. The number of unbranched alkanes of at least 4 members (excludes halogenated alkanes) is 1. The van der Waals surface area contributed by atoms with Gasteiger partial charge >= 0.3 is 0 Å². The highest BCUT2D eigenvalue weighted by molar-refractivity contribution is 5.89. The summed E-state index contributed by atoms with van der Waals surface area (Å²) in [5.41, 5.74) is 11.5. The van der Waals surface area contributed by atoms with Crippen LogP contribution in [0.1, 0.15) is 25.0 Å². The zero-order chi connectivity index (χ0) is 17.9. The predicted octanol–water partition coefficient (Wildman–Crippen LogP) is -1.78. The van der Waals surface area contributed by atoms with E-state index in [9.17, 15) is 14.4 Å². The minimum Gasteiger partial charge on any atom is -0.345 e. The van der Waals surface area contributed by atoms with E-state index in [0.29, 0.717) is 19.3 Å². The lowest BCUT2D eigenvalue weighted by Crippen LogP contribution is -2.52. The minimum absolute atomic E-state index is 0.219. The van der Waals surface area contributed by atoms with E-state index in [-0.39, 0.29) is 13.0 Å². The Morgan fingerprint density at radius 1 is 1.33 bits per heavy atom. The second kappa shape index (κ2) is 10.5. The summed E-state index contributed by atoms with van der Waals surface area (Å²) in [6, 6.07) is -1.43. The Balaban J connectivity index is 2.73.